The number of carbonyl (C=O) groups excluding carboxylic acids is 1. The van der Waals surface area contributed by atoms with E-state index in [0.29, 0.717) is 5.75 Å². The van der Waals surface area contributed by atoms with E-state index in [1.807, 2.05) is 6.07 Å². The minimum absolute atomic E-state index is 0.119. The van der Waals surface area contributed by atoms with Gasteiger partial charge in [0.25, 0.3) is 5.91 Å². The summed E-state index contributed by atoms with van der Waals surface area (Å²) in [5.41, 5.74) is -1.94. The second kappa shape index (κ2) is 7.60. The standard InChI is InChI=1S/C20H20F3NO3/c21-20(22,23)16-6-4-5-15(13-16)19(26)9-11-24(12-10-19)18(25)14-27-17-7-2-1-3-8-17/h1-8,13,26H,9-12,14H2. The number of aliphatic hydroxyl groups is 1. The van der Waals surface area contributed by atoms with Gasteiger partial charge in [-0.1, -0.05) is 30.3 Å². The number of alkyl halides is 3. The highest BCUT2D eigenvalue weighted by atomic mass is 19.4. The van der Waals surface area contributed by atoms with Gasteiger partial charge < -0.3 is 14.7 Å². The number of amides is 1. The Morgan fingerprint density at radius 1 is 1.07 bits per heavy atom. The lowest BCUT2D eigenvalue weighted by Crippen LogP contribution is -2.46. The molecule has 2 aromatic carbocycles. The van der Waals surface area contributed by atoms with Crippen molar-refractivity contribution in [3.63, 3.8) is 0 Å². The first-order valence-electron chi connectivity index (χ1n) is 8.64. The van der Waals surface area contributed by atoms with Crippen LogP contribution in [0.5, 0.6) is 5.75 Å². The molecule has 7 heteroatoms. The minimum Gasteiger partial charge on any atom is -0.484 e. The molecule has 144 valence electrons. The zero-order valence-corrected chi connectivity index (χ0v) is 14.6. The average molecular weight is 379 g/mol. The molecule has 0 unspecified atom stereocenters. The maximum absolute atomic E-state index is 12.9. The van der Waals surface area contributed by atoms with Crippen LogP contribution in [-0.2, 0) is 16.6 Å². The number of piperidine rings is 1. The van der Waals surface area contributed by atoms with Gasteiger partial charge in [0.1, 0.15) is 5.75 Å². The Balaban J connectivity index is 1.60. The fraction of sp³-hybridized carbons (Fsp3) is 0.350. The molecular weight excluding hydrogens is 359 g/mol. The Morgan fingerprint density at radius 3 is 2.37 bits per heavy atom. The maximum Gasteiger partial charge on any atom is 0.416 e. The van der Waals surface area contributed by atoms with E-state index in [9.17, 15) is 23.1 Å². The summed E-state index contributed by atoms with van der Waals surface area (Å²) < 4.78 is 44.1. The van der Waals surface area contributed by atoms with Crippen LogP contribution < -0.4 is 4.74 Å². The molecule has 0 aromatic heterocycles. The molecule has 1 amide bonds. The number of hydrogen-bond donors (Lipinski definition) is 1. The Morgan fingerprint density at radius 2 is 1.74 bits per heavy atom. The highest BCUT2D eigenvalue weighted by molar-refractivity contribution is 5.77. The molecule has 0 atom stereocenters. The Kier molecular flexibility index (Phi) is 5.41. The summed E-state index contributed by atoms with van der Waals surface area (Å²) in [6.07, 6.45) is -4.12. The van der Waals surface area contributed by atoms with Crippen LogP contribution in [0.15, 0.2) is 54.6 Å². The van der Waals surface area contributed by atoms with Crippen molar-refractivity contribution >= 4 is 5.91 Å². The highest BCUT2D eigenvalue weighted by Gasteiger charge is 2.37. The van der Waals surface area contributed by atoms with Crippen LogP contribution in [0.4, 0.5) is 13.2 Å². The summed E-state index contributed by atoms with van der Waals surface area (Å²) in [6, 6.07) is 13.7. The third-order valence-corrected chi connectivity index (χ3v) is 4.78. The van der Waals surface area contributed by atoms with Gasteiger partial charge in [-0.25, -0.2) is 0 Å². The van der Waals surface area contributed by atoms with Gasteiger partial charge in [-0.2, -0.15) is 13.2 Å². The quantitative estimate of drug-likeness (QED) is 0.883. The molecule has 0 saturated carbocycles. The number of halogens is 3. The molecule has 1 saturated heterocycles. The van der Waals surface area contributed by atoms with Gasteiger partial charge in [0, 0.05) is 13.1 Å². The number of ether oxygens (including phenoxy) is 1. The third kappa shape index (κ3) is 4.60. The lowest BCUT2D eigenvalue weighted by atomic mass is 9.83. The van der Waals surface area contributed by atoms with E-state index >= 15 is 0 Å². The SMILES string of the molecule is O=C(COc1ccccc1)N1CCC(O)(c2cccc(C(F)(F)F)c2)CC1. The zero-order valence-electron chi connectivity index (χ0n) is 14.6. The van der Waals surface area contributed by atoms with E-state index in [4.69, 9.17) is 4.74 Å². The Bertz CT molecular complexity index is 785. The summed E-state index contributed by atoms with van der Waals surface area (Å²) in [6.45, 7) is 0.388. The molecule has 0 aliphatic carbocycles. The van der Waals surface area contributed by atoms with Crippen molar-refractivity contribution in [1.29, 1.82) is 0 Å². The minimum atomic E-state index is -4.46. The van der Waals surface area contributed by atoms with Crippen molar-refractivity contribution in [2.75, 3.05) is 19.7 Å². The van der Waals surface area contributed by atoms with Crippen molar-refractivity contribution in [3.8, 4) is 5.75 Å². The Labute approximate surface area is 155 Å². The summed E-state index contributed by atoms with van der Waals surface area (Å²) in [4.78, 5) is 13.8. The van der Waals surface area contributed by atoms with E-state index in [1.54, 1.807) is 29.2 Å². The first-order chi connectivity index (χ1) is 12.8. The van der Waals surface area contributed by atoms with Crippen LogP contribution in [-0.4, -0.2) is 35.6 Å². The lowest BCUT2D eigenvalue weighted by Gasteiger charge is -2.38. The van der Waals surface area contributed by atoms with E-state index in [-0.39, 0.29) is 44.0 Å². The first kappa shape index (κ1) is 19.2. The number of carbonyl (C=O) groups is 1. The zero-order chi connectivity index (χ0) is 19.5. The number of para-hydroxylation sites is 1. The van der Waals surface area contributed by atoms with Gasteiger partial charge in [-0.05, 0) is 42.7 Å². The van der Waals surface area contributed by atoms with Crippen LogP contribution in [0.1, 0.15) is 24.0 Å². The molecule has 4 nitrogen and oxygen atoms in total. The third-order valence-electron chi connectivity index (χ3n) is 4.78. The molecule has 1 N–H and O–H groups in total. The normalized spacial score (nSPS) is 16.8. The molecule has 27 heavy (non-hydrogen) atoms. The fourth-order valence-electron chi connectivity index (χ4n) is 3.15. The van der Waals surface area contributed by atoms with Crippen LogP contribution in [0.2, 0.25) is 0 Å². The monoisotopic (exact) mass is 379 g/mol. The van der Waals surface area contributed by atoms with Gasteiger partial charge in [0.15, 0.2) is 6.61 Å². The number of nitrogens with zero attached hydrogens (tertiary/aromatic N) is 1. The summed E-state index contributed by atoms with van der Waals surface area (Å²) in [7, 11) is 0. The van der Waals surface area contributed by atoms with E-state index in [2.05, 4.69) is 0 Å². The Hall–Kier alpha value is -2.54. The summed E-state index contributed by atoms with van der Waals surface area (Å²) in [5, 5.41) is 10.8. The van der Waals surface area contributed by atoms with E-state index in [0.717, 1.165) is 12.1 Å². The molecule has 1 aliphatic heterocycles. The molecule has 1 heterocycles. The second-order valence-corrected chi connectivity index (χ2v) is 6.59. The molecule has 3 rings (SSSR count). The fourth-order valence-corrected chi connectivity index (χ4v) is 3.15. The van der Waals surface area contributed by atoms with Crippen LogP contribution in [0, 0.1) is 0 Å². The van der Waals surface area contributed by atoms with Gasteiger partial charge >= 0.3 is 6.18 Å². The van der Waals surface area contributed by atoms with Crippen LogP contribution in [0.3, 0.4) is 0 Å². The average Bonchev–Trinajstić information content (AvgIpc) is 2.67. The largest absolute Gasteiger partial charge is 0.484 e. The molecule has 1 aliphatic rings. The van der Waals surface area contributed by atoms with Crippen molar-refractivity contribution in [2.24, 2.45) is 0 Å². The van der Waals surface area contributed by atoms with Gasteiger partial charge in [0.2, 0.25) is 0 Å². The van der Waals surface area contributed by atoms with E-state index < -0.39 is 17.3 Å². The summed E-state index contributed by atoms with van der Waals surface area (Å²) >= 11 is 0. The molecule has 2 aromatic rings. The van der Waals surface area contributed by atoms with Crippen LogP contribution >= 0.6 is 0 Å². The highest BCUT2D eigenvalue weighted by Crippen LogP contribution is 2.36. The topological polar surface area (TPSA) is 49.8 Å². The predicted octanol–water partition coefficient (Wildman–Crippen LogP) is 3.59. The number of hydrogen-bond acceptors (Lipinski definition) is 3. The second-order valence-electron chi connectivity index (χ2n) is 6.59. The molecule has 0 bridgehead atoms. The van der Waals surface area contributed by atoms with Gasteiger partial charge in [-0.15, -0.1) is 0 Å². The number of likely N-dealkylation sites (tertiary alicyclic amines) is 1. The lowest BCUT2D eigenvalue weighted by molar-refractivity contribution is -0.138. The van der Waals surface area contributed by atoms with Crippen molar-refractivity contribution in [1.82, 2.24) is 4.90 Å². The van der Waals surface area contributed by atoms with Gasteiger partial charge in [-0.3, -0.25) is 4.79 Å². The molecular formula is C20H20F3NO3. The molecule has 1 fully saturated rings. The van der Waals surface area contributed by atoms with Crippen molar-refractivity contribution < 1.29 is 27.8 Å². The molecule has 0 radical (unpaired) electrons. The van der Waals surface area contributed by atoms with Crippen molar-refractivity contribution in [3.05, 3.63) is 65.7 Å². The predicted molar refractivity (Wildman–Crippen MR) is 93.1 cm³/mol. The number of benzene rings is 2. The smallest absolute Gasteiger partial charge is 0.416 e. The van der Waals surface area contributed by atoms with E-state index in [1.165, 1.54) is 12.1 Å². The summed E-state index contributed by atoms with van der Waals surface area (Å²) in [5.74, 6) is 0.369. The number of rotatable bonds is 4. The van der Waals surface area contributed by atoms with Crippen molar-refractivity contribution in [2.45, 2.75) is 24.6 Å². The van der Waals surface area contributed by atoms with Gasteiger partial charge in [0.05, 0.1) is 11.2 Å². The first-order valence-corrected chi connectivity index (χ1v) is 8.64. The molecule has 0 spiro atoms. The maximum atomic E-state index is 12.9. The van der Waals surface area contributed by atoms with Crippen LogP contribution in [0.25, 0.3) is 0 Å².